The van der Waals surface area contributed by atoms with E-state index in [2.05, 4.69) is 29.2 Å². The summed E-state index contributed by atoms with van der Waals surface area (Å²) in [5, 5.41) is 0. The van der Waals surface area contributed by atoms with Crippen LogP contribution >= 0.6 is 0 Å². The summed E-state index contributed by atoms with van der Waals surface area (Å²) in [5.74, 6) is 7.85. The molecule has 5 heteroatoms. The van der Waals surface area contributed by atoms with E-state index in [4.69, 9.17) is 10.6 Å². The molecule has 0 bridgehead atoms. The van der Waals surface area contributed by atoms with Gasteiger partial charge in [0.2, 0.25) is 11.8 Å². The number of aryl methyl sites for hydroxylation is 1. The van der Waals surface area contributed by atoms with Crippen molar-refractivity contribution in [3.63, 3.8) is 0 Å². The molecule has 3 atom stereocenters. The number of rotatable bonds is 3. The molecule has 1 fully saturated rings. The lowest BCUT2D eigenvalue weighted by atomic mass is 9.80. The van der Waals surface area contributed by atoms with E-state index in [1.807, 2.05) is 13.0 Å². The minimum atomic E-state index is 0.260. The highest BCUT2D eigenvalue weighted by Gasteiger charge is 2.26. The zero-order valence-electron chi connectivity index (χ0n) is 11.3. The Balaban J connectivity index is 2.03. The Morgan fingerprint density at radius 1 is 1.28 bits per heavy atom. The number of hydrazine groups is 1. The van der Waals surface area contributed by atoms with Crippen molar-refractivity contribution >= 4 is 5.95 Å². The highest BCUT2D eigenvalue weighted by Crippen LogP contribution is 2.31. The fourth-order valence-corrected chi connectivity index (χ4v) is 2.44. The summed E-state index contributed by atoms with van der Waals surface area (Å²) >= 11 is 0. The van der Waals surface area contributed by atoms with Crippen molar-refractivity contribution in [1.29, 1.82) is 0 Å². The fourth-order valence-electron chi connectivity index (χ4n) is 2.44. The molecular formula is C13H22N4O. The van der Waals surface area contributed by atoms with Crippen molar-refractivity contribution < 1.29 is 4.74 Å². The zero-order chi connectivity index (χ0) is 13.1. The van der Waals surface area contributed by atoms with Crippen LogP contribution in [0.25, 0.3) is 0 Å². The monoisotopic (exact) mass is 250 g/mol. The largest absolute Gasteiger partial charge is 0.474 e. The lowest BCUT2D eigenvalue weighted by Crippen LogP contribution is -2.29. The normalized spacial score (nSPS) is 27.9. The number of hydrogen-bond donors (Lipinski definition) is 2. The summed E-state index contributed by atoms with van der Waals surface area (Å²) in [7, 11) is 0. The first kappa shape index (κ1) is 13.1. The number of anilines is 1. The van der Waals surface area contributed by atoms with Crippen LogP contribution in [-0.2, 0) is 0 Å². The predicted octanol–water partition coefficient (Wildman–Crippen LogP) is 2.27. The van der Waals surface area contributed by atoms with Crippen LogP contribution in [-0.4, -0.2) is 16.1 Å². The molecule has 1 aliphatic carbocycles. The molecule has 3 unspecified atom stereocenters. The molecule has 5 nitrogen and oxygen atoms in total. The molecule has 3 N–H and O–H groups in total. The number of nitrogen functional groups attached to an aromatic ring is 1. The highest BCUT2D eigenvalue weighted by atomic mass is 16.5. The van der Waals surface area contributed by atoms with Gasteiger partial charge in [-0.1, -0.05) is 13.8 Å². The van der Waals surface area contributed by atoms with Gasteiger partial charge in [0, 0.05) is 11.8 Å². The highest BCUT2D eigenvalue weighted by molar-refractivity contribution is 5.29. The second kappa shape index (κ2) is 5.52. The molecule has 1 heterocycles. The first-order chi connectivity index (χ1) is 8.58. The summed E-state index contributed by atoms with van der Waals surface area (Å²) in [4.78, 5) is 8.37. The molecular weight excluding hydrogens is 228 g/mol. The van der Waals surface area contributed by atoms with Gasteiger partial charge < -0.3 is 4.74 Å². The van der Waals surface area contributed by atoms with Crippen LogP contribution in [0.1, 0.15) is 38.8 Å². The first-order valence-electron chi connectivity index (χ1n) is 6.57. The van der Waals surface area contributed by atoms with E-state index in [1.165, 1.54) is 6.42 Å². The Labute approximate surface area is 108 Å². The van der Waals surface area contributed by atoms with Crippen molar-refractivity contribution in [3.05, 3.63) is 11.8 Å². The molecule has 2 rings (SSSR count). The van der Waals surface area contributed by atoms with Crippen molar-refractivity contribution in [1.82, 2.24) is 9.97 Å². The maximum atomic E-state index is 5.95. The van der Waals surface area contributed by atoms with Crippen LogP contribution in [0.3, 0.4) is 0 Å². The van der Waals surface area contributed by atoms with E-state index in [0.717, 1.165) is 24.5 Å². The molecule has 1 aromatic heterocycles. The fraction of sp³-hybridized carbons (Fsp3) is 0.692. The van der Waals surface area contributed by atoms with Gasteiger partial charge in [-0.2, -0.15) is 4.98 Å². The summed E-state index contributed by atoms with van der Waals surface area (Å²) in [6, 6.07) is 1.85. The van der Waals surface area contributed by atoms with E-state index in [1.54, 1.807) is 0 Å². The van der Waals surface area contributed by atoms with E-state index < -0.39 is 0 Å². The standard InChI is InChI=1S/C13H22N4O/c1-8-4-5-11(6-9(8)2)18-12-7-10(3)15-13(16-12)17-14/h7-9,11H,4-6,14H2,1-3H3,(H,15,16,17). The lowest BCUT2D eigenvalue weighted by Gasteiger charge is -2.31. The van der Waals surface area contributed by atoms with Crippen LogP contribution < -0.4 is 16.0 Å². The van der Waals surface area contributed by atoms with Gasteiger partial charge in [0.1, 0.15) is 6.10 Å². The van der Waals surface area contributed by atoms with Crippen LogP contribution in [0.15, 0.2) is 6.07 Å². The van der Waals surface area contributed by atoms with Gasteiger partial charge in [0.15, 0.2) is 0 Å². The third-order valence-corrected chi connectivity index (χ3v) is 3.80. The van der Waals surface area contributed by atoms with Gasteiger partial charge in [0.05, 0.1) is 0 Å². The van der Waals surface area contributed by atoms with Crippen LogP contribution in [0.5, 0.6) is 5.88 Å². The number of hydrogen-bond acceptors (Lipinski definition) is 5. The van der Waals surface area contributed by atoms with E-state index in [-0.39, 0.29) is 6.10 Å². The van der Waals surface area contributed by atoms with Gasteiger partial charge in [-0.15, -0.1) is 0 Å². The predicted molar refractivity (Wildman–Crippen MR) is 71.2 cm³/mol. The molecule has 1 aromatic rings. The van der Waals surface area contributed by atoms with Crippen molar-refractivity contribution in [2.45, 2.75) is 46.1 Å². The molecule has 0 aliphatic heterocycles. The van der Waals surface area contributed by atoms with Crippen molar-refractivity contribution in [2.24, 2.45) is 17.7 Å². The van der Waals surface area contributed by atoms with Crippen molar-refractivity contribution in [3.8, 4) is 5.88 Å². The number of ether oxygens (including phenoxy) is 1. The average Bonchev–Trinajstić information content (AvgIpc) is 2.33. The molecule has 18 heavy (non-hydrogen) atoms. The lowest BCUT2D eigenvalue weighted by molar-refractivity contribution is 0.0964. The summed E-state index contributed by atoms with van der Waals surface area (Å²) < 4.78 is 5.95. The molecule has 0 spiro atoms. The van der Waals surface area contributed by atoms with Crippen LogP contribution in [0, 0.1) is 18.8 Å². The molecule has 0 aromatic carbocycles. The smallest absolute Gasteiger partial charge is 0.240 e. The van der Waals surface area contributed by atoms with E-state index in [0.29, 0.717) is 17.7 Å². The first-order valence-corrected chi connectivity index (χ1v) is 6.57. The summed E-state index contributed by atoms with van der Waals surface area (Å²) in [6.45, 7) is 6.51. The zero-order valence-corrected chi connectivity index (χ0v) is 11.3. The maximum absolute atomic E-state index is 5.95. The van der Waals surface area contributed by atoms with Crippen LogP contribution in [0.2, 0.25) is 0 Å². The van der Waals surface area contributed by atoms with Gasteiger partial charge in [0.25, 0.3) is 0 Å². The molecule has 0 saturated heterocycles. The number of aromatic nitrogens is 2. The summed E-state index contributed by atoms with van der Waals surface area (Å²) in [6.07, 6.45) is 3.67. The van der Waals surface area contributed by atoms with Gasteiger partial charge in [-0.25, -0.2) is 10.8 Å². The molecule has 1 saturated carbocycles. The van der Waals surface area contributed by atoms with E-state index in [9.17, 15) is 0 Å². The Morgan fingerprint density at radius 3 is 2.72 bits per heavy atom. The molecule has 0 radical (unpaired) electrons. The second-order valence-electron chi connectivity index (χ2n) is 5.32. The Bertz CT molecular complexity index is 410. The average molecular weight is 250 g/mol. The second-order valence-corrected chi connectivity index (χ2v) is 5.32. The maximum Gasteiger partial charge on any atom is 0.240 e. The SMILES string of the molecule is Cc1cc(OC2CCC(C)C(C)C2)nc(NN)n1. The van der Waals surface area contributed by atoms with Gasteiger partial charge in [-0.05, 0) is 38.0 Å². The number of nitrogens with two attached hydrogens (primary N) is 1. The minimum Gasteiger partial charge on any atom is -0.474 e. The Kier molecular flexibility index (Phi) is 4.01. The number of nitrogens with one attached hydrogen (secondary N) is 1. The topological polar surface area (TPSA) is 73.1 Å². The third-order valence-electron chi connectivity index (χ3n) is 3.80. The third kappa shape index (κ3) is 3.10. The van der Waals surface area contributed by atoms with Crippen molar-refractivity contribution in [2.75, 3.05) is 5.43 Å². The van der Waals surface area contributed by atoms with Gasteiger partial charge >= 0.3 is 0 Å². The Morgan fingerprint density at radius 2 is 2.06 bits per heavy atom. The Hall–Kier alpha value is -1.36. The quantitative estimate of drug-likeness (QED) is 0.636. The number of nitrogens with zero attached hydrogens (tertiary/aromatic N) is 2. The molecule has 1 aliphatic rings. The molecule has 100 valence electrons. The minimum absolute atomic E-state index is 0.260. The van der Waals surface area contributed by atoms with Gasteiger partial charge in [-0.3, -0.25) is 5.43 Å². The summed E-state index contributed by atoms with van der Waals surface area (Å²) in [5.41, 5.74) is 3.31. The molecule has 0 amide bonds. The van der Waals surface area contributed by atoms with E-state index >= 15 is 0 Å². The van der Waals surface area contributed by atoms with Crippen LogP contribution in [0.4, 0.5) is 5.95 Å².